The van der Waals surface area contributed by atoms with Gasteiger partial charge in [-0.05, 0) is 23.8 Å². The van der Waals surface area contributed by atoms with E-state index in [9.17, 15) is 9.59 Å². The molecule has 1 saturated heterocycles. The number of ether oxygens (including phenoxy) is 2. The summed E-state index contributed by atoms with van der Waals surface area (Å²) in [4.78, 5) is 31.0. The molecule has 0 bridgehead atoms. The van der Waals surface area contributed by atoms with Gasteiger partial charge in [-0.15, -0.1) is 0 Å². The number of aromatic amines is 1. The quantitative estimate of drug-likeness (QED) is 0.638. The second-order valence-electron chi connectivity index (χ2n) is 7.42. The minimum Gasteiger partial charge on any atom is -0.454 e. The number of carbonyl (C=O) groups excluding carboxylic acids is 2. The minimum atomic E-state index is -0.340. The van der Waals surface area contributed by atoms with Gasteiger partial charge in [-0.1, -0.05) is 30.3 Å². The van der Waals surface area contributed by atoms with Crippen molar-refractivity contribution >= 4 is 22.7 Å². The van der Waals surface area contributed by atoms with E-state index in [0.29, 0.717) is 19.8 Å². The molecule has 2 aromatic carbocycles. The fraction of sp³-hybridized carbons (Fsp3) is 0.273. The molecule has 1 unspecified atom stereocenters. The molecule has 148 valence electrons. The highest BCUT2D eigenvalue weighted by Gasteiger charge is 2.41. The summed E-state index contributed by atoms with van der Waals surface area (Å²) in [6.45, 7) is 1.05. The Morgan fingerprint density at radius 3 is 2.41 bits per heavy atom. The van der Waals surface area contributed by atoms with Crippen LogP contribution in [-0.4, -0.2) is 53.0 Å². The summed E-state index contributed by atoms with van der Waals surface area (Å²) in [7, 11) is 1.70. The van der Waals surface area contributed by atoms with Crippen LogP contribution >= 0.6 is 0 Å². The summed E-state index contributed by atoms with van der Waals surface area (Å²) in [6, 6.07) is 15.4. The summed E-state index contributed by atoms with van der Waals surface area (Å²) in [5, 5.41) is 1.16. The maximum Gasteiger partial charge on any atom is 0.245 e. The summed E-state index contributed by atoms with van der Waals surface area (Å²) < 4.78 is 10.2. The lowest BCUT2D eigenvalue weighted by Crippen LogP contribution is -2.60. The molecule has 0 spiro atoms. The van der Waals surface area contributed by atoms with Crippen LogP contribution in [0.3, 0.4) is 0 Å². The number of rotatable bonds is 0. The number of piperazine rings is 1. The molecule has 1 aromatic heterocycles. The van der Waals surface area contributed by atoms with Crippen molar-refractivity contribution in [2.45, 2.75) is 19.0 Å². The lowest BCUT2D eigenvalue weighted by atomic mass is 9.94. The van der Waals surface area contributed by atoms with Gasteiger partial charge in [-0.2, -0.15) is 0 Å². The van der Waals surface area contributed by atoms with Crippen LogP contribution in [0.15, 0.2) is 48.5 Å². The molecule has 0 radical (unpaired) electrons. The summed E-state index contributed by atoms with van der Waals surface area (Å²) >= 11 is 0. The molecule has 7 nitrogen and oxygen atoms in total. The van der Waals surface area contributed by atoms with E-state index < -0.39 is 0 Å². The van der Waals surface area contributed by atoms with Crippen LogP contribution in [0.25, 0.3) is 10.9 Å². The largest absolute Gasteiger partial charge is 0.454 e. The number of aromatic nitrogens is 1. The third-order valence-electron chi connectivity index (χ3n) is 5.64. The van der Waals surface area contributed by atoms with Gasteiger partial charge in [0, 0.05) is 30.1 Å². The van der Waals surface area contributed by atoms with E-state index in [-0.39, 0.29) is 24.4 Å². The second-order valence-corrected chi connectivity index (χ2v) is 7.42. The Bertz CT molecular complexity index is 1080. The monoisotopic (exact) mass is 391 g/mol. The first-order chi connectivity index (χ1) is 14.1. The van der Waals surface area contributed by atoms with Gasteiger partial charge in [-0.25, -0.2) is 0 Å². The second kappa shape index (κ2) is 6.84. The highest BCUT2D eigenvalue weighted by atomic mass is 16.7. The topological polar surface area (TPSA) is 74.9 Å². The van der Waals surface area contributed by atoms with Crippen molar-refractivity contribution < 1.29 is 19.1 Å². The van der Waals surface area contributed by atoms with Crippen molar-refractivity contribution in [3.63, 3.8) is 0 Å². The number of nitrogens with one attached hydrogen (secondary N) is 1. The van der Waals surface area contributed by atoms with Crippen LogP contribution < -0.4 is 9.47 Å². The Morgan fingerprint density at radius 2 is 1.66 bits per heavy atom. The van der Waals surface area contributed by atoms with E-state index in [1.165, 1.54) is 10.5 Å². The lowest BCUT2D eigenvalue weighted by molar-refractivity contribution is -0.155. The Hall–Kier alpha value is -3.48. The van der Waals surface area contributed by atoms with Gasteiger partial charge in [0.2, 0.25) is 18.6 Å². The van der Waals surface area contributed by atoms with Crippen molar-refractivity contribution in [3.05, 3.63) is 59.8 Å². The molecule has 2 amide bonds. The molecule has 1 fully saturated rings. The SMILES string of the molecule is CN1CC(=O)N2Cc3[nH]c4ccccc4c3CC2C1=O.c1ccc2c(c1)OCO2. The third-order valence-corrected chi connectivity index (χ3v) is 5.64. The van der Waals surface area contributed by atoms with Crippen LogP contribution in [-0.2, 0) is 22.6 Å². The molecular formula is C22H21N3O4. The number of carbonyl (C=O) groups is 2. The lowest BCUT2D eigenvalue weighted by Gasteiger charge is -2.41. The average molecular weight is 391 g/mol. The first-order valence-corrected chi connectivity index (χ1v) is 9.59. The fourth-order valence-electron chi connectivity index (χ4n) is 4.16. The highest BCUT2D eigenvalue weighted by Crippen LogP contribution is 2.32. The first-order valence-electron chi connectivity index (χ1n) is 9.59. The molecule has 1 N–H and O–H groups in total. The van der Waals surface area contributed by atoms with E-state index in [0.717, 1.165) is 28.1 Å². The van der Waals surface area contributed by atoms with Gasteiger partial charge in [0.1, 0.15) is 6.04 Å². The van der Waals surface area contributed by atoms with E-state index >= 15 is 0 Å². The van der Waals surface area contributed by atoms with Crippen LogP contribution in [0.4, 0.5) is 0 Å². The van der Waals surface area contributed by atoms with Crippen LogP contribution in [0.2, 0.25) is 0 Å². The zero-order chi connectivity index (χ0) is 20.0. The van der Waals surface area contributed by atoms with Crippen molar-refractivity contribution in [1.82, 2.24) is 14.8 Å². The number of hydrogen-bond acceptors (Lipinski definition) is 4. The molecule has 29 heavy (non-hydrogen) atoms. The Kier molecular flexibility index (Phi) is 4.16. The number of hydrogen-bond donors (Lipinski definition) is 1. The normalized spacial score (nSPS) is 19.6. The average Bonchev–Trinajstić information content (AvgIpc) is 3.35. The summed E-state index contributed by atoms with van der Waals surface area (Å²) in [5.41, 5.74) is 3.32. The van der Waals surface area contributed by atoms with E-state index in [1.54, 1.807) is 11.9 Å². The van der Waals surface area contributed by atoms with Crippen LogP contribution in [0.5, 0.6) is 11.5 Å². The van der Waals surface area contributed by atoms with Gasteiger partial charge in [-0.3, -0.25) is 9.59 Å². The molecule has 3 aliphatic rings. The molecule has 7 heteroatoms. The fourth-order valence-corrected chi connectivity index (χ4v) is 4.16. The van der Waals surface area contributed by atoms with Crippen molar-refractivity contribution in [2.24, 2.45) is 0 Å². The Labute approximate surface area is 167 Å². The van der Waals surface area contributed by atoms with Gasteiger partial charge in [0.05, 0.1) is 13.1 Å². The molecule has 0 saturated carbocycles. The minimum absolute atomic E-state index is 0.0291. The summed E-state index contributed by atoms with van der Waals surface area (Å²) in [6.07, 6.45) is 0.605. The van der Waals surface area contributed by atoms with Gasteiger partial charge in [0.15, 0.2) is 11.5 Å². The predicted molar refractivity (Wildman–Crippen MR) is 107 cm³/mol. The molecule has 1 atom stereocenters. The number of likely N-dealkylation sites (N-methyl/N-ethyl adjacent to an activating group) is 1. The molecule has 0 aliphatic carbocycles. The van der Waals surface area contributed by atoms with E-state index in [2.05, 4.69) is 11.1 Å². The molecular weight excluding hydrogens is 370 g/mol. The van der Waals surface area contributed by atoms with Crippen molar-refractivity contribution in [1.29, 1.82) is 0 Å². The third kappa shape index (κ3) is 2.99. The summed E-state index contributed by atoms with van der Waals surface area (Å²) in [5.74, 6) is 1.76. The molecule has 3 aliphatic heterocycles. The van der Waals surface area contributed by atoms with Crippen molar-refractivity contribution in [2.75, 3.05) is 20.4 Å². The van der Waals surface area contributed by atoms with Gasteiger partial charge < -0.3 is 24.3 Å². The van der Waals surface area contributed by atoms with Crippen LogP contribution in [0.1, 0.15) is 11.3 Å². The zero-order valence-corrected chi connectivity index (χ0v) is 16.1. The number of nitrogens with zero attached hydrogens (tertiary/aromatic N) is 2. The molecule has 3 aromatic rings. The predicted octanol–water partition coefficient (Wildman–Crippen LogP) is 2.31. The number of amides is 2. The van der Waals surface area contributed by atoms with E-state index in [1.807, 2.05) is 42.5 Å². The maximum absolute atomic E-state index is 12.3. The zero-order valence-electron chi connectivity index (χ0n) is 16.1. The van der Waals surface area contributed by atoms with E-state index in [4.69, 9.17) is 9.47 Å². The Morgan fingerprint density at radius 1 is 0.966 bits per heavy atom. The number of para-hydroxylation sites is 3. The standard InChI is InChI=1S/C15H15N3O2.C7H6O2/c1-17-8-14(19)18-7-12-10(6-13(18)15(17)20)9-4-2-3-5-11(9)16-12;1-2-4-7-6(3-1)8-5-9-7/h2-5,13,16H,6-8H2,1H3;1-4H,5H2. The number of benzene rings is 2. The van der Waals surface area contributed by atoms with Gasteiger partial charge >= 0.3 is 0 Å². The molecule has 4 heterocycles. The van der Waals surface area contributed by atoms with Gasteiger partial charge in [0.25, 0.3) is 0 Å². The molecule has 6 rings (SSSR count). The Balaban J connectivity index is 0.000000168. The first kappa shape index (κ1) is 17.6. The van der Waals surface area contributed by atoms with Crippen molar-refractivity contribution in [3.8, 4) is 11.5 Å². The number of fused-ring (bicyclic) bond motifs is 5. The highest BCUT2D eigenvalue weighted by molar-refractivity contribution is 5.96. The smallest absolute Gasteiger partial charge is 0.245 e. The maximum atomic E-state index is 12.3. The van der Waals surface area contributed by atoms with Crippen LogP contribution in [0, 0.1) is 0 Å². The number of H-pyrrole nitrogens is 1.